The Kier molecular flexibility index (Phi) is 13.4. The summed E-state index contributed by atoms with van der Waals surface area (Å²) >= 11 is 1.91. The Hall–Kier alpha value is -1.57. The van der Waals surface area contributed by atoms with Crippen molar-refractivity contribution in [3.63, 3.8) is 0 Å². The zero-order chi connectivity index (χ0) is 22.2. The lowest BCUT2D eigenvalue weighted by Crippen LogP contribution is -2.22. The van der Waals surface area contributed by atoms with Gasteiger partial charge >= 0.3 is 0 Å². The molecule has 0 spiro atoms. The number of thioether (sulfide) groups is 1. The average molecular weight is 448 g/mol. The largest absolute Gasteiger partial charge is 0.508 e. The van der Waals surface area contributed by atoms with E-state index >= 15 is 0 Å². The molecule has 0 aliphatic carbocycles. The maximum Gasteiger partial charge on any atom is 0.121 e. The quantitative estimate of drug-likeness (QED) is 0.209. The first-order valence-corrected chi connectivity index (χ1v) is 12.3. The molecule has 2 aromatic carbocycles. The van der Waals surface area contributed by atoms with E-state index in [1.54, 1.807) is 12.1 Å². The summed E-state index contributed by atoms with van der Waals surface area (Å²) in [5.41, 5.74) is 1.13. The molecule has 5 nitrogen and oxygen atoms in total. The molecule has 1 unspecified atom stereocenters. The lowest BCUT2D eigenvalue weighted by Gasteiger charge is -2.14. The summed E-state index contributed by atoms with van der Waals surface area (Å²) in [5.74, 6) is 1.20. The minimum atomic E-state index is -0.648. The van der Waals surface area contributed by atoms with Crippen molar-refractivity contribution in [2.45, 2.75) is 56.1 Å². The molecule has 0 fully saturated rings. The van der Waals surface area contributed by atoms with Crippen LogP contribution in [0.5, 0.6) is 5.75 Å². The highest BCUT2D eigenvalue weighted by Gasteiger charge is 2.09. The van der Waals surface area contributed by atoms with Gasteiger partial charge in [0.2, 0.25) is 0 Å². The van der Waals surface area contributed by atoms with Gasteiger partial charge in [0.05, 0.1) is 12.7 Å². The van der Waals surface area contributed by atoms with E-state index in [9.17, 15) is 15.3 Å². The van der Waals surface area contributed by atoms with Gasteiger partial charge in [0.25, 0.3) is 0 Å². The van der Waals surface area contributed by atoms with Crippen LogP contribution in [0.15, 0.2) is 53.4 Å². The van der Waals surface area contributed by atoms with Crippen LogP contribution in [0.3, 0.4) is 0 Å². The maximum absolute atomic E-state index is 10.2. The standard InChI is InChI=1S/C25H37NO4S/c27-20-22-18-21(12-13-24(22)28)25(29)19-26-14-6-1-2-7-15-30-16-8-9-17-31-23-10-4-3-5-11-23/h3-5,10-13,18,25-29H,1-2,6-9,14-17,19-20H2. The van der Waals surface area contributed by atoms with Crippen LogP contribution < -0.4 is 5.32 Å². The number of nitrogens with one attached hydrogen (secondary N) is 1. The SMILES string of the molecule is OCc1cc(C(O)CNCCCCCCOCCCCSc2ccccc2)ccc1O. The van der Waals surface area contributed by atoms with Crippen molar-refractivity contribution in [2.75, 3.05) is 32.1 Å². The maximum atomic E-state index is 10.2. The molecule has 6 heteroatoms. The van der Waals surface area contributed by atoms with Gasteiger partial charge in [0.1, 0.15) is 5.75 Å². The Labute approximate surface area is 190 Å². The van der Waals surface area contributed by atoms with Gasteiger partial charge in [-0.3, -0.25) is 0 Å². The third-order valence-corrected chi connectivity index (χ3v) is 6.18. The minimum Gasteiger partial charge on any atom is -0.508 e. The van der Waals surface area contributed by atoms with E-state index in [0.29, 0.717) is 17.7 Å². The van der Waals surface area contributed by atoms with Crippen molar-refractivity contribution in [3.05, 3.63) is 59.7 Å². The van der Waals surface area contributed by atoms with E-state index in [-0.39, 0.29) is 12.4 Å². The molecule has 2 aromatic rings. The zero-order valence-electron chi connectivity index (χ0n) is 18.3. The number of hydrogen-bond donors (Lipinski definition) is 4. The number of hydrogen-bond acceptors (Lipinski definition) is 6. The van der Waals surface area contributed by atoms with Crippen molar-refractivity contribution in [2.24, 2.45) is 0 Å². The monoisotopic (exact) mass is 447 g/mol. The van der Waals surface area contributed by atoms with Crippen LogP contribution in [0.1, 0.15) is 55.8 Å². The van der Waals surface area contributed by atoms with Gasteiger partial charge in [-0.05, 0) is 67.8 Å². The van der Waals surface area contributed by atoms with Crippen LogP contribution in [-0.4, -0.2) is 47.4 Å². The molecule has 0 heterocycles. The minimum absolute atomic E-state index is 0.0532. The fraction of sp³-hybridized carbons (Fsp3) is 0.520. The highest BCUT2D eigenvalue weighted by Crippen LogP contribution is 2.22. The van der Waals surface area contributed by atoms with E-state index in [0.717, 1.165) is 57.6 Å². The average Bonchev–Trinajstić information content (AvgIpc) is 2.80. The van der Waals surface area contributed by atoms with E-state index in [4.69, 9.17) is 4.74 Å². The number of aliphatic hydroxyl groups excluding tert-OH is 2. The summed E-state index contributed by atoms with van der Waals surface area (Å²) in [6, 6.07) is 15.4. The highest BCUT2D eigenvalue weighted by molar-refractivity contribution is 7.99. The summed E-state index contributed by atoms with van der Waals surface area (Å²) in [7, 11) is 0. The molecule has 0 amide bonds. The second kappa shape index (κ2) is 16.1. The number of aliphatic hydroxyl groups is 2. The van der Waals surface area contributed by atoms with E-state index in [2.05, 4.69) is 29.6 Å². The van der Waals surface area contributed by atoms with Crippen molar-refractivity contribution >= 4 is 11.8 Å². The van der Waals surface area contributed by atoms with Crippen LogP contribution in [-0.2, 0) is 11.3 Å². The van der Waals surface area contributed by atoms with Gasteiger partial charge in [-0.25, -0.2) is 0 Å². The molecule has 0 saturated carbocycles. The molecule has 4 N–H and O–H groups in total. The van der Waals surface area contributed by atoms with Crippen LogP contribution >= 0.6 is 11.8 Å². The van der Waals surface area contributed by atoms with Crippen molar-refractivity contribution in [1.82, 2.24) is 5.32 Å². The van der Waals surface area contributed by atoms with E-state index < -0.39 is 6.10 Å². The summed E-state index contributed by atoms with van der Waals surface area (Å²) < 4.78 is 5.73. The van der Waals surface area contributed by atoms with Crippen LogP contribution in [0.2, 0.25) is 0 Å². The van der Waals surface area contributed by atoms with Gasteiger partial charge in [0, 0.05) is 30.2 Å². The molecule has 0 aliphatic rings. The molecule has 0 radical (unpaired) electrons. The normalized spacial score (nSPS) is 12.2. The van der Waals surface area contributed by atoms with Gasteiger partial charge in [-0.2, -0.15) is 0 Å². The predicted molar refractivity (Wildman–Crippen MR) is 128 cm³/mol. The Bertz CT molecular complexity index is 714. The third-order valence-electron chi connectivity index (χ3n) is 5.08. The van der Waals surface area contributed by atoms with Gasteiger partial charge in [-0.15, -0.1) is 11.8 Å². The second-order valence-electron chi connectivity index (χ2n) is 7.66. The number of phenols is 1. The van der Waals surface area contributed by atoms with E-state index in [1.807, 2.05) is 17.8 Å². The van der Waals surface area contributed by atoms with Crippen LogP contribution in [0.25, 0.3) is 0 Å². The molecule has 0 aromatic heterocycles. The second-order valence-corrected chi connectivity index (χ2v) is 8.83. The Morgan fingerprint density at radius 3 is 2.42 bits per heavy atom. The molecule has 0 saturated heterocycles. The van der Waals surface area contributed by atoms with Crippen LogP contribution in [0, 0.1) is 0 Å². The molecule has 172 valence electrons. The number of rotatable bonds is 17. The lowest BCUT2D eigenvalue weighted by atomic mass is 10.1. The van der Waals surface area contributed by atoms with Crippen molar-refractivity contribution in [3.8, 4) is 5.75 Å². The number of benzene rings is 2. The molecule has 1 atom stereocenters. The molecule has 31 heavy (non-hydrogen) atoms. The zero-order valence-corrected chi connectivity index (χ0v) is 19.2. The molecule has 0 aliphatic heterocycles. The number of ether oxygens (including phenoxy) is 1. The predicted octanol–water partition coefficient (Wildman–Crippen LogP) is 4.66. The first-order valence-electron chi connectivity index (χ1n) is 11.3. The van der Waals surface area contributed by atoms with Crippen molar-refractivity contribution in [1.29, 1.82) is 0 Å². The third kappa shape index (κ3) is 11.0. The van der Waals surface area contributed by atoms with Crippen LogP contribution in [0.4, 0.5) is 0 Å². The molecular formula is C25H37NO4S. The topological polar surface area (TPSA) is 82.0 Å². The lowest BCUT2D eigenvalue weighted by molar-refractivity contribution is 0.127. The smallest absolute Gasteiger partial charge is 0.121 e. The fourth-order valence-corrected chi connectivity index (χ4v) is 4.15. The molecular weight excluding hydrogens is 410 g/mol. The van der Waals surface area contributed by atoms with E-state index in [1.165, 1.54) is 17.4 Å². The summed E-state index contributed by atoms with van der Waals surface area (Å²) in [5, 5.41) is 32.3. The molecule has 2 rings (SSSR count). The summed E-state index contributed by atoms with van der Waals surface area (Å²) in [6.45, 7) is 2.77. The number of unbranched alkanes of at least 4 members (excludes halogenated alkanes) is 4. The van der Waals surface area contributed by atoms with Gasteiger partial charge in [0.15, 0.2) is 0 Å². The Balaban J connectivity index is 1.36. The van der Waals surface area contributed by atoms with Gasteiger partial charge < -0.3 is 25.4 Å². The summed E-state index contributed by atoms with van der Waals surface area (Å²) in [4.78, 5) is 1.34. The Morgan fingerprint density at radius 1 is 0.903 bits per heavy atom. The summed E-state index contributed by atoms with van der Waals surface area (Å²) in [6.07, 6.45) is 6.13. The fourth-order valence-electron chi connectivity index (χ4n) is 3.22. The highest BCUT2D eigenvalue weighted by atomic mass is 32.2. The number of aromatic hydroxyl groups is 1. The molecule has 0 bridgehead atoms. The first-order chi connectivity index (χ1) is 15.2. The van der Waals surface area contributed by atoms with Gasteiger partial charge in [-0.1, -0.05) is 37.1 Å². The Morgan fingerprint density at radius 2 is 1.65 bits per heavy atom. The first kappa shape index (κ1) is 25.7. The van der Waals surface area contributed by atoms with Crippen molar-refractivity contribution < 1.29 is 20.1 Å².